The molecule has 6 heteroatoms. The summed E-state index contributed by atoms with van der Waals surface area (Å²) in [6, 6.07) is 12.8. The number of methoxy groups -OCH3 is 1. The molecule has 0 aliphatic rings. The van der Waals surface area contributed by atoms with Crippen molar-refractivity contribution in [1.29, 1.82) is 0 Å². The molecular weight excluding hydrogens is 334 g/mol. The van der Waals surface area contributed by atoms with Crippen LogP contribution in [-0.2, 0) is 0 Å². The molecule has 0 spiro atoms. The van der Waals surface area contributed by atoms with Crippen molar-refractivity contribution >= 4 is 32.9 Å². The lowest BCUT2D eigenvalue weighted by atomic mass is 10.2. The predicted octanol–water partition coefficient (Wildman–Crippen LogP) is 3.19. The summed E-state index contributed by atoms with van der Waals surface area (Å²) >= 11 is 3.37. The minimum absolute atomic E-state index is 0.246. The highest BCUT2D eigenvalue weighted by Crippen LogP contribution is 2.22. The summed E-state index contributed by atoms with van der Waals surface area (Å²) in [6.45, 7) is 0. The van der Waals surface area contributed by atoms with Crippen molar-refractivity contribution in [3.8, 4) is 5.75 Å². The van der Waals surface area contributed by atoms with Crippen molar-refractivity contribution in [2.24, 2.45) is 0 Å². The summed E-state index contributed by atoms with van der Waals surface area (Å²) < 4.78 is 7.45. The number of nitrogens with zero attached hydrogens (tertiary/aromatic N) is 2. The fraction of sp³-hybridized carbons (Fsp3) is 0.0667. The molecule has 0 atom stereocenters. The third-order valence-corrected chi connectivity index (χ3v) is 3.79. The minimum atomic E-state index is -0.246. The van der Waals surface area contributed by atoms with Crippen LogP contribution in [0.15, 0.2) is 53.3 Å². The van der Waals surface area contributed by atoms with Crippen LogP contribution in [0.5, 0.6) is 5.75 Å². The lowest BCUT2D eigenvalue weighted by Crippen LogP contribution is -2.22. The SMILES string of the molecule is COc1ccc(Br)c(C(=O)Nn2cnc3ccccc32)c1. The highest BCUT2D eigenvalue weighted by molar-refractivity contribution is 9.10. The second-order valence-electron chi connectivity index (χ2n) is 4.39. The van der Waals surface area contributed by atoms with Crippen LogP contribution in [0.4, 0.5) is 0 Å². The number of carbonyl (C=O) groups is 1. The normalized spacial score (nSPS) is 10.6. The van der Waals surface area contributed by atoms with Crippen LogP contribution in [0.2, 0.25) is 0 Å². The number of halogens is 1. The number of hydrogen-bond donors (Lipinski definition) is 1. The van der Waals surface area contributed by atoms with E-state index in [2.05, 4.69) is 26.3 Å². The summed E-state index contributed by atoms with van der Waals surface area (Å²) in [5.41, 5.74) is 4.96. The molecule has 0 unspecified atom stereocenters. The molecule has 1 amide bonds. The number of ether oxygens (including phenoxy) is 1. The Bertz CT molecular complexity index is 814. The van der Waals surface area contributed by atoms with Crippen LogP contribution in [0.1, 0.15) is 10.4 Å². The molecule has 0 fully saturated rings. The first-order valence-electron chi connectivity index (χ1n) is 6.26. The van der Waals surface area contributed by atoms with Crippen LogP contribution in [0.3, 0.4) is 0 Å². The topological polar surface area (TPSA) is 56.1 Å². The van der Waals surface area contributed by atoms with E-state index >= 15 is 0 Å². The third-order valence-electron chi connectivity index (χ3n) is 3.09. The zero-order valence-corrected chi connectivity index (χ0v) is 12.8. The average Bonchev–Trinajstić information content (AvgIpc) is 2.91. The Labute approximate surface area is 129 Å². The van der Waals surface area contributed by atoms with Crippen LogP contribution >= 0.6 is 15.9 Å². The maximum atomic E-state index is 12.4. The lowest BCUT2D eigenvalue weighted by Gasteiger charge is -2.09. The van der Waals surface area contributed by atoms with E-state index < -0.39 is 0 Å². The lowest BCUT2D eigenvalue weighted by molar-refractivity contribution is 0.101. The third kappa shape index (κ3) is 2.62. The van der Waals surface area contributed by atoms with Gasteiger partial charge in [-0.3, -0.25) is 10.2 Å². The van der Waals surface area contributed by atoms with Gasteiger partial charge in [0, 0.05) is 4.47 Å². The number of imidazole rings is 1. The van der Waals surface area contributed by atoms with Crippen LogP contribution in [0, 0.1) is 0 Å². The first-order valence-corrected chi connectivity index (χ1v) is 7.05. The molecule has 0 radical (unpaired) electrons. The van der Waals surface area contributed by atoms with E-state index in [1.165, 1.54) is 0 Å². The van der Waals surface area contributed by atoms with Gasteiger partial charge in [0.2, 0.25) is 0 Å². The number of hydrogen-bond acceptors (Lipinski definition) is 3. The van der Waals surface area contributed by atoms with Crippen LogP contribution in [0.25, 0.3) is 11.0 Å². The van der Waals surface area contributed by atoms with Gasteiger partial charge in [0.1, 0.15) is 12.1 Å². The van der Waals surface area contributed by atoms with Gasteiger partial charge in [-0.05, 0) is 46.3 Å². The van der Waals surface area contributed by atoms with Crippen molar-refractivity contribution in [3.63, 3.8) is 0 Å². The highest BCUT2D eigenvalue weighted by atomic mass is 79.9. The Morgan fingerprint density at radius 1 is 1.29 bits per heavy atom. The average molecular weight is 346 g/mol. The number of amides is 1. The van der Waals surface area contributed by atoms with Gasteiger partial charge in [-0.2, -0.15) is 0 Å². The van der Waals surface area contributed by atoms with Crippen LogP contribution < -0.4 is 10.2 Å². The molecule has 3 rings (SSSR count). The highest BCUT2D eigenvalue weighted by Gasteiger charge is 2.13. The zero-order valence-electron chi connectivity index (χ0n) is 11.2. The number of nitrogens with one attached hydrogen (secondary N) is 1. The van der Waals surface area contributed by atoms with E-state index in [1.807, 2.05) is 24.3 Å². The van der Waals surface area contributed by atoms with Crippen molar-refractivity contribution < 1.29 is 9.53 Å². The summed E-state index contributed by atoms with van der Waals surface area (Å²) in [5, 5.41) is 0. The first kappa shape index (κ1) is 13.6. The van der Waals surface area contributed by atoms with E-state index in [9.17, 15) is 4.79 Å². The molecule has 21 heavy (non-hydrogen) atoms. The molecule has 1 aromatic heterocycles. The largest absolute Gasteiger partial charge is 0.497 e. The number of para-hydroxylation sites is 2. The van der Waals surface area contributed by atoms with Crippen molar-refractivity contribution in [1.82, 2.24) is 9.66 Å². The van der Waals surface area contributed by atoms with Gasteiger partial charge in [-0.1, -0.05) is 12.1 Å². The molecule has 0 saturated carbocycles. The molecule has 0 saturated heterocycles. The smallest absolute Gasteiger partial charge is 0.271 e. The Kier molecular flexibility index (Phi) is 3.62. The Morgan fingerprint density at radius 2 is 2.10 bits per heavy atom. The van der Waals surface area contributed by atoms with E-state index in [0.29, 0.717) is 15.8 Å². The number of rotatable bonds is 3. The maximum Gasteiger partial charge on any atom is 0.271 e. The number of carbonyl (C=O) groups excluding carboxylic acids is 1. The monoisotopic (exact) mass is 345 g/mol. The van der Waals surface area contributed by atoms with Gasteiger partial charge in [0.25, 0.3) is 5.91 Å². The van der Waals surface area contributed by atoms with E-state index in [0.717, 1.165) is 11.0 Å². The second kappa shape index (κ2) is 5.57. The Hall–Kier alpha value is -2.34. The molecule has 1 heterocycles. The summed E-state index contributed by atoms with van der Waals surface area (Å²) in [5.74, 6) is 0.378. The van der Waals surface area contributed by atoms with E-state index in [-0.39, 0.29) is 5.91 Å². The van der Waals surface area contributed by atoms with Crippen LogP contribution in [-0.4, -0.2) is 22.7 Å². The fourth-order valence-electron chi connectivity index (χ4n) is 2.02. The molecular formula is C15H12BrN3O2. The second-order valence-corrected chi connectivity index (χ2v) is 5.24. The number of aromatic nitrogens is 2. The number of fused-ring (bicyclic) bond motifs is 1. The maximum absolute atomic E-state index is 12.4. The minimum Gasteiger partial charge on any atom is -0.497 e. The van der Waals surface area contributed by atoms with Gasteiger partial charge in [0.15, 0.2) is 0 Å². The quantitative estimate of drug-likeness (QED) is 0.792. The summed E-state index contributed by atoms with van der Waals surface area (Å²) in [7, 11) is 1.56. The molecule has 2 aromatic carbocycles. The van der Waals surface area contributed by atoms with Crippen molar-refractivity contribution in [2.75, 3.05) is 12.5 Å². The van der Waals surface area contributed by atoms with E-state index in [1.54, 1.807) is 36.3 Å². The van der Waals surface area contributed by atoms with Gasteiger partial charge in [-0.25, -0.2) is 9.66 Å². The molecule has 5 nitrogen and oxygen atoms in total. The van der Waals surface area contributed by atoms with Gasteiger partial charge >= 0.3 is 0 Å². The molecule has 1 N–H and O–H groups in total. The van der Waals surface area contributed by atoms with Crippen molar-refractivity contribution in [3.05, 3.63) is 58.8 Å². The predicted molar refractivity (Wildman–Crippen MR) is 84.1 cm³/mol. The summed E-state index contributed by atoms with van der Waals surface area (Å²) in [4.78, 5) is 16.6. The molecule has 0 aliphatic carbocycles. The number of benzene rings is 2. The van der Waals surface area contributed by atoms with Crippen molar-refractivity contribution in [2.45, 2.75) is 0 Å². The molecule has 106 valence electrons. The Balaban J connectivity index is 1.93. The first-order chi connectivity index (χ1) is 10.2. The standard InChI is InChI=1S/C15H12BrN3O2/c1-21-10-6-7-12(16)11(8-10)15(20)18-19-9-17-13-4-2-3-5-14(13)19/h2-9H,1H3,(H,18,20). The van der Waals surface area contributed by atoms with Gasteiger partial charge in [0.05, 0.1) is 23.7 Å². The zero-order chi connectivity index (χ0) is 14.8. The summed E-state index contributed by atoms with van der Waals surface area (Å²) in [6.07, 6.45) is 1.58. The fourth-order valence-corrected chi connectivity index (χ4v) is 2.45. The molecule has 0 aliphatic heterocycles. The van der Waals surface area contributed by atoms with Gasteiger partial charge < -0.3 is 4.74 Å². The van der Waals surface area contributed by atoms with Gasteiger partial charge in [-0.15, -0.1) is 0 Å². The van der Waals surface area contributed by atoms with E-state index in [4.69, 9.17) is 4.74 Å². The molecule has 0 bridgehead atoms. The Morgan fingerprint density at radius 3 is 2.90 bits per heavy atom. The molecule has 3 aromatic rings.